The number of phenols is 1. The first-order valence-corrected chi connectivity index (χ1v) is 13.6. The van der Waals surface area contributed by atoms with Crippen molar-refractivity contribution in [2.75, 3.05) is 46.5 Å². The molecular weight excluding hydrogens is 524 g/mol. The molecule has 3 aromatic carbocycles. The van der Waals surface area contributed by atoms with E-state index < -0.39 is 17.7 Å². The number of phenolic OH excluding ortho intramolecular Hbond substituents is 1. The van der Waals surface area contributed by atoms with E-state index in [-0.39, 0.29) is 29.4 Å². The average molecular weight is 559 g/mol. The molecule has 9 heteroatoms. The number of amides is 1. The number of ketones is 1. The highest BCUT2D eigenvalue weighted by Crippen LogP contribution is 2.41. The van der Waals surface area contributed by atoms with Gasteiger partial charge in [0.15, 0.2) is 11.5 Å². The van der Waals surface area contributed by atoms with Gasteiger partial charge in [-0.15, -0.1) is 0 Å². The molecule has 2 aliphatic rings. The number of aryl methyl sites for hydroxylation is 1. The third kappa shape index (κ3) is 6.21. The maximum atomic E-state index is 13.4. The molecule has 2 saturated heterocycles. The summed E-state index contributed by atoms with van der Waals surface area (Å²) in [7, 11) is 1.43. The van der Waals surface area contributed by atoms with Gasteiger partial charge in [-0.25, -0.2) is 0 Å². The zero-order valence-electron chi connectivity index (χ0n) is 23.2. The number of hydrogen-bond acceptors (Lipinski definition) is 8. The van der Waals surface area contributed by atoms with E-state index in [0.29, 0.717) is 43.2 Å². The van der Waals surface area contributed by atoms with Crippen LogP contribution in [0.4, 0.5) is 0 Å². The Morgan fingerprint density at radius 3 is 2.46 bits per heavy atom. The maximum Gasteiger partial charge on any atom is 0.295 e. The minimum absolute atomic E-state index is 0.0156. The Labute approximate surface area is 239 Å². The van der Waals surface area contributed by atoms with Crippen LogP contribution in [0.5, 0.6) is 17.2 Å². The summed E-state index contributed by atoms with van der Waals surface area (Å²) in [6.45, 7) is 5.94. The Morgan fingerprint density at radius 1 is 1.00 bits per heavy atom. The van der Waals surface area contributed by atoms with E-state index in [2.05, 4.69) is 11.0 Å². The summed E-state index contributed by atoms with van der Waals surface area (Å²) in [4.78, 5) is 30.4. The monoisotopic (exact) mass is 558 g/mol. The number of Topliss-reactive ketones (excluding diaryl/α,β-unsaturated/α-hetero) is 1. The first-order valence-electron chi connectivity index (χ1n) is 13.6. The van der Waals surface area contributed by atoms with Crippen molar-refractivity contribution in [2.24, 2.45) is 0 Å². The number of hydrogen-bond donors (Lipinski definition) is 2. The quantitative estimate of drug-likeness (QED) is 0.230. The predicted molar refractivity (Wildman–Crippen MR) is 153 cm³/mol. The van der Waals surface area contributed by atoms with Gasteiger partial charge in [0.1, 0.15) is 18.1 Å². The Kier molecular flexibility index (Phi) is 8.56. The van der Waals surface area contributed by atoms with Gasteiger partial charge in [-0.1, -0.05) is 35.9 Å². The molecule has 3 aromatic rings. The van der Waals surface area contributed by atoms with E-state index in [4.69, 9.17) is 14.2 Å². The van der Waals surface area contributed by atoms with Crippen LogP contribution in [-0.2, 0) is 20.9 Å². The van der Waals surface area contributed by atoms with Crippen molar-refractivity contribution in [1.82, 2.24) is 9.80 Å². The van der Waals surface area contributed by atoms with Crippen molar-refractivity contribution < 1.29 is 34.0 Å². The Balaban J connectivity index is 1.44. The Bertz CT molecular complexity index is 1440. The number of carbonyl (C=O) groups excluding carboxylic acids is 2. The predicted octanol–water partition coefficient (Wildman–Crippen LogP) is 4.04. The van der Waals surface area contributed by atoms with E-state index >= 15 is 0 Å². The average Bonchev–Trinajstić information content (AvgIpc) is 3.24. The van der Waals surface area contributed by atoms with Crippen LogP contribution in [0.15, 0.2) is 72.3 Å². The lowest BCUT2D eigenvalue weighted by Crippen LogP contribution is -2.42. The molecule has 0 spiro atoms. The van der Waals surface area contributed by atoms with Crippen molar-refractivity contribution in [3.8, 4) is 17.2 Å². The van der Waals surface area contributed by atoms with Crippen molar-refractivity contribution in [3.05, 3.63) is 94.6 Å². The van der Waals surface area contributed by atoms with Gasteiger partial charge in [0.05, 0.1) is 31.9 Å². The zero-order valence-corrected chi connectivity index (χ0v) is 23.2. The third-order valence-electron chi connectivity index (χ3n) is 7.44. The Morgan fingerprint density at radius 2 is 1.76 bits per heavy atom. The van der Waals surface area contributed by atoms with Gasteiger partial charge in [0.25, 0.3) is 11.7 Å². The lowest BCUT2D eigenvalue weighted by atomic mass is 9.95. The number of aliphatic hydroxyl groups is 1. The molecule has 2 aliphatic heterocycles. The molecule has 1 atom stereocenters. The molecule has 0 aliphatic carbocycles. The molecule has 1 amide bonds. The number of ether oxygens (including phenoxy) is 3. The smallest absolute Gasteiger partial charge is 0.295 e. The lowest BCUT2D eigenvalue weighted by Gasteiger charge is -2.31. The standard InChI is InChI=1S/C32H34N2O7/c1-21-4-3-5-22(18-21)20-41-25-9-6-23(7-10-25)30(36)28-29(24-8-11-26(35)27(19-24)39-2)34(32(38)31(28)37)13-12-33-14-16-40-17-15-33/h3-11,18-19,29,35-36H,12-17,20H2,1-2H3/b30-28+/t29-/m0/s1. The number of likely N-dealkylation sites (tertiary alicyclic amines) is 1. The van der Waals surface area contributed by atoms with Crippen LogP contribution < -0.4 is 9.47 Å². The maximum absolute atomic E-state index is 13.4. The number of carbonyl (C=O) groups is 2. The number of aliphatic hydroxyl groups excluding tert-OH is 1. The van der Waals surface area contributed by atoms with Gasteiger partial charge >= 0.3 is 0 Å². The molecular formula is C32H34N2O7. The first kappa shape index (κ1) is 28.2. The second kappa shape index (κ2) is 12.4. The fourth-order valence-corrected chi connectivity index (χ4v) is 5.23. The summed E-state index contributed by atoms with van der Waals surface area (Å²) in [5.41, 5.74) is 3.10. The Hall–Kier alpha value is -4.34. The molecule has 0 unspecified atom stereocenters. The van der Waals surface area contributed by atoms with Gasteiger partial charge in [0.2, 0.25) is 0 Å². The van der Waals surface area contributed by atoms with Crippen LogP contribution in [-0.4, -0.2) is 78.2 Å². The highest BCUT2D eigenvalue weighted by molar-refractivity contribution is 6.46. The fraction of sp³-hybridized carbons (Fsp3) is 0.312. The number of morpholine rings is 1. The van der Waals surface area contributed by atoms with Gasteiger partial charge < -0.3 is 29.3 Å². The minimum atomic E-state index is -0.859. The van der Waals surface area contributed by atoms with Crippen molar-refractivity contribution >= 4 is 17.4 Å². The molecule has 5 rings (SSSR count). The summed E-state index contributed by atoms with van der Waals surface area (Å²) in [5, 5.41) is 21.6. The van der Waals surface area contributed by atoms with Crippen LogP contribution in [0, 0.1) is 6.92 Å². The minimum Gasteiger partial charge on any atom is -0.507 e. The normalized spacial score (nSPS) is 19.0. The van der Waals surface area contributed by atoms with Crippen molar-refractivity contribution in [2.45, 2.75) is 19.6 Å². The van der Waals surface area contributed by atoms with Gasteiger partial charge in [-0.3, -0.25) is 14.5 Å². The second-order valence-electron chi connectivity index (χ2n) is 10.2. The van der Waals surface area contributed by atoms with Crippen LogP contribution in [0.2, 0.25) is 0 Å². The molecule has 2 heterocycles. The molecule has 2 N–H and O–H groups in total. The van der Waals surface area contributed by atoms with E-state index in [1.165, 1.54) is 18.1 Å². The summed E-state index contributed by atoms with van der Waals surface area (Å²) >= 11 is 0. The lowest BCUT2D eigenvalue weighted by molar-refractivity contribution is -0.140. The van der Waals surface area contributed by atoms with E-state index in [1.54, 1.807) is 36.4 Å². The molecule has 0 radical (unpaired) electrons. The van der Waals surface area contributed by atoms with E-state index in [9.17, 15) is 19.8 Å². The molecule has 0 aromatic heterocycles. The highest BCUT2D eigenvalue weighted by Gasteiger charge is 2.46. The molecule has 41 heavy (non-hydrogen) atoms. The number of nitrogens with zero attached hydrogens (tertiary/aromatic N) is 2. The van der Waals surface area contributed by atoms with Crippen molar-refractivity contribution in [3.63, 3.8) is 0 Å². The number of aromatic hydroxyl groups is 1. The van der Waals surface area contributed by atoms with E-state index in [0.717, 1.165) is 24.2 Å². The van der Waals surface area contributed by atoms with Gasteiger partial charge in [0, 0.05) is 31.7 Å². The molecule has 0 bridgehead atoms. The molecule has 2 fully saturated rings. The van der Waals surface area contributed by atoms with Crippen LogP contribution >= 0.6 is 0 Å². The van der Waals surface area contributed by atoms with Gasteiger partial charge in [-0.2, -0.15) is 0 Å². The summed E-state index contributed by atoms with van der Waals surface area (Å²) in [5.74, 6) is -0.983. The molecule has 0 saturated carbocycles. The number of benzene rings is 3. The summed E-state index contributed by atoms with van der Waals surface area (Å²) in [6.07, 6.45) is 0. The van der Waals surface area contributed by atoms with Crippen LogP contribution in [0.1, 0.15) is 28.3 Å². The largest absolute Gasteiger partial charge is 0.507 e. The van der Waals surface area contributed by atoms with Gasteiger partial charge in [-0.05, 0) is 54.4 Å². The summed E-state index contributed by atoms with van der Waals surface area (Å²) in [6, 6.07) is 18.6. The highest BCUT2D eigenvalue weighted by atomic mass is 16.5. The SMILES string of the molecule is COc1cc([C@H]2/C(=C(\O)c3ccc(OCc4cccc(C)c4)cc3)C(=O)C(=O)N2CCN2CCOCC2)ccc1O. The molecule has 214 valence electrons. The summed E-state index contributed by atoms with van der Waals surface area (Å²) < 4.78 is 16.6. The zero-order chi connectivity index (χ0) is 28.9. The first-order chi connectivity index (χ1) is 19.9. The number of rotatable bonds is 9. The van der Waals surface area contributed by atoms with E-state index in [1.807, 2.05) is 25.1 Å². The number of methoxy groups -OCH3 is 1. The van der Waals surface area contributed by atoms with Crippen molar-refractivity contribution in [1.29, 1.82) is 0 Å². The van der Waals surface area contributed by atoms with Crippen LogP contribution in [0.25, 0.3) is 5.76 Å². The van der Waals surface area contributed by atoms with Crippen LogP contribution in [0.3, 0.4) is 0 Å². The topological polar surface area (TPSA) is 109 Å². The third-order valence-corrected chi connectivity index (χ3v) is 7.44. The fourth-order valence-electron chi connectivity index (χ4n) is 5.23. The second-order valence-corrected chi connectivity index (χ2v) is 10.2. The molecule has 9 nitrogen and oxygen atoms in total.